The molecule has 3 fully saturated rings. The maximum absolute atomic E-state index is 12.8. The molecule has 1 aromatic rings. The molecule has 1 amide bonds. The maximum atomic E-state index is 12.8. The maximum Gasteiger partial charge on any atom is 0.242 e. The molecule has 6 nitrogen and oxygen atoms in total. The number of aromatic nitrogens is 2. The summed E-state index contributed by atoms with van der Waals surface area (Å²) in [7, 11) is 0. The molecule has 142 valence electrons. The summed E-state index contributed by atoms with van der Waals surface area (Å²) in [5, 5.41) is 10.5. The van der Waals surface area contributed by atoms with E-state index in [0.717, 1.165) is 51.6 Å². The van der Waals surface area contributed by atoms with Crippen LogP contribution >= 0.6 is 24.8 Å². The van der Waals surface area contributed by atoms with Crippen LogP contribution in [-0.4, -0.2) is 50.2 Å². The smallest absolute Gasteiger partial charge is 0.242 e. The summed E-state index contributed by atoms with van der Waals surface area (Å²) >= 11 is 0. The fraction of sp³-hybridized carbons (Fsp3) is 0.765. The number of nitrogens with zero attached hydrogens (tertiary/aromatic N) is 3. The van der Waals surface area contributed by atoms with Gasteiger partial charge in [-0.2, -0.15) is 0 Å². The molecule has 1 aromatic heterocycles. The van der Waals surface area contributed by atoms with Gasteiger partial charge in [-0.15, -0.1) is 24.8 Å². The number of fused-ring (bicyclic) bond motifs is 1. The van der Waals surface area contributed by atoms with Crippen LogP contribution in [0, 0.1) is 11.8 Å². The van der Waals surface area contributed by atoms with Gasteiger partial charge in [0.25, 0.3) is 0 Å². The van der Waals surface area contributed by atoms with Crippen molar-refractivity contribution in [2.45, 2.75) is 56.2 Å². The number of halogens is 2. The molecule has 2 aliphatic carbocycles. The highest BCUT2D eigenvalue weighted by molar-refractivity contribution is 5.86. The molecule has 3 aliphatic rings. The second-order valence-electron chi connectivity index (χ2n) is 7.71. The fourth-order valence-corrected chi connectivity index (χ4v) is 4.89. The summed E-state index contributed by atoms with van der Waals surface area (Å²) in [6, 6.07) is 0.0760. The van der Waals surface area contributed by atoms with Gasteiger partial charge < -0.3 is 20.3 Å². The normalized spacial score (nSPS) is 33.3. The molecule has 0 unspecified atom stereocenters. The van der Waals surface area contributed by atoms with E-state index in [4.69, 9.17) is 5.73 Å². The van der Waals surface area contributed by atoms with Gasteiger partial charge in [-0.25, -0.2) is 4.98 Å². The molecule has 0 aromatic carbocycles. The number of imidazole rings is 1. The van der Waals surface area contributed by atoms with E-state index >= 15 is 0 Å². The number of nitrogens with two attached hydrogens (primary N) is 1. The van der Waals surface area contributed by atoms with Crippen molar-refractivity contribution in [3.05, 3.63) is 18.7 Å². The van der Waals surface area contributed by atoms with Crippen molar-refractivity contribution in [2.24, 2.45) is 17.6 Å². The number of rotatable bonds is 2. The van der Waals surface area contributed by atoms with Gasteiger partial charge in [0.1, 0.15) is 0 Å². The van der Waals surface area contributed by atoms with Gasteiger partial charge >= 0.3 is 0 Å². The lowest BCUT2D eigenvalue weighted by molar-refractivity contribution is -0.136. The quantitative estimate of drug-likeness (QED) is 0.805. The molecule has 2 heterocycles. The van der Waals surface area contributed by atoms with Crippen molar-refractivity contribution in [1.82, 2.24) is 14.5 Å². The first-order valence-electron chi connectivity index (χ1n) is 8.80. The zero-order valence-corrected chi connectivity index (χ0v) is 15.9. The zero-order valence-electron chi connectivity index (χ0n) is 14.3. The van der Waals surface area contributed by atoms with E-state index in [-0.39, 0.29) is 42.9 Å². The summed E-state index contributed by atoms with van der Waals surface area (Å²) in [6.45, 7) is 1.55. The molecular formula is C17H28Cl2N4O2. The molecule has 0 bridgehead atoms. The fourth-order valence-electron chi connectivity index (χ4n) is 4.89. The Balaban J connectivity index is 0.00000113. The monoisotopic (exact) mass is 390 g/mol. The van der Waals surface area contributed by atoms with Gasteiger partial charge in [-0.3, -0.25) is 4.79 Å². The molecule has 25 heavy (non-hydrogen) atoms. The molecule has 1 aliphatic heterocycles. The molecule has 2 saturated carbocycles. The second-order valence-corrected chi connectivity index (χ2v) is 7.71. The molecule has 4 atom stereocenters. The Bertz CT molecular complexity index is 577. The van der Waals surface area contributed by atoms with Gasteiger partial charge in [0.2, 0.25) is 5.91 Å². The van der Waals surface area contributed by atoms with Crippen LogP contribution in [0.2, 0.25) is 0 Å². The molecule has 0 radical (unpaired) electrons. The van der Waals surface area contributed by atoms with Gasteiger partial charge in [0.15, 0.2) is 0 Å². The predicted molar refractivity (Wildman–Crippen MR) is 99.9 cm³/mol. The Morgan fingerprint density at radius 2 is 1.80 bits per heavy atom. The van der Waals surface area contributed by atoms with E-state index < -0.39 is 5.54 Å². The molecular weight excluding hydrogens is 363 g/mol. The number of carbonyl (C=O) groups is 1. The Labute approximate surface area is 161 Å². The van der Waals surface area contributed by atoms with Crippen molar-refractivity contribution in [3.8, 4) is 0 Å². The van der Waals surface area contributed by atoms with Crippen LogP contribution < -0.4 is 5.73 Å². The number of carbonyl (C=O) groups excluding carboxylic acids is 1. The van der Waals surface area contributed by atoms with Gasteiger partial charge in [-0.05, 0) is 37.5 Å². The number of aliphatic hydroxyl groups excluding tert-OH is 1. The molecule has 3 N–H and O–H groups in total. The predicted octanol–water partition coefficient (Wildman–Crippen LogP) is 1.77. The summed E-state index contributed by atoms with van der Waals surface area (Å²) in [4.78, 5) is 18.9. The van der Waals surface area contributed by atoms with Gasteiger partial charge in [-0.1, -0.05) is 12.8 Å². The minimum absolute atomic E-state index is 0. The van der Waals surface area contributed by atoms with Crippen molar-refractivity contribution < 1.29 is 9.90 Å². The second kappa shape index (κ2) is 7.82. The Morgan fingerprint density at radius 3 is 2.40 bits per heavy atom. The van der Waals surface area contributed by atoms with Crippen LogP contribution in [0.25, 0.3) is 0 Å². The Kier molecular flexibility index (Phi) is 6.41. The van der Waals surface area contributed by atoms with Crippen molar-refractivity contribution >= 4 is 30.7 Å². The SMILES string of the molecule is Cl.Cl.NC1(C(=O)N2C[C@H]3C[C@@H](n4ccnc4)[C@H](O)C[C@H]3C2)CCCC1. The summed E-state index contributed by atoms with van der Waals surface area (Å²) in [6.07, 6.45) is 10.5. The first-order valence-corrected chi connectivity index (χ1v) is 8.80. The molecule has 1 saturated heterocycles. The average molecular weight is 391 g/mol. The highest BCUT2D eigenvalue weighted by Gasteiger charge is 2.47. The first-order chi connectivity index (χ1) is 11.1. The Hall–Kier alpha value is -0.820. The third-order valence-electron chi connectivity index (χ3n) is 6.23. The number of hydrogen-bond donors (Lipinski definition) is 2. The highest BCUT2D eigenvalue weighted by atomic mass is 35.5. The average Bonchev–Trinajstić information content (AvgIpc) is 3.25. The summed E-state index contributed by atoms with van der Waals surface area (Å²) in [5.41, 5.74) is 5.72. The largest absolute Gasteiger partial charge is 0.391 e. The van der Waals surface area contributed by atoms with Gasteiger partial charge in [0, 0.05) is 25.5 Å². The molecule has 4 rings (SSSR count). The van der Waals surface area contributed by atoms with Crippen LogP contribution in [0.1, 0.15) is 44.6 Å². The standard InChI is InChI=1S/C17H26N4O2.2ClH/c18-17(3-1-2-4-17)16(23)21-9-12-7-14(20-6-5-19-11-20)15(22)8-13(12)10-21;;/h5-6,11-15,22H,1-4,7-10,18H2;2*1H/t12-,13+,14-,15-;;/m1../s1. The Morgan fingerprint density at radius 1 is 1.16 bits per heavy atom. The van der Waals surface area contributed by atoms with Crippen molar-refractivity contribution in [1.29, 1.82) is 0 Å². The first kappa shape index (κ1) is 20.5. The van der Waals surface area contributed by atoms with Crippen molar-refractivity contribution in [2.75, 3.05) is 13.1 Å². The lowest BCUT2D eigenvalue weighted by Gasteiger charge is -2.35. The number of likely N-dealkylation sites (tertiary alicyclic amines) is 1. The number of amides is 1. The zero-order chi connectivity index (χ0) is 16.0. The summed E-state index contributed by atoms with van der Waals surface area (Å²) in [5.74, 6) is 0.997. The lowest BCUT2D eigenvalue weighted by atomic mass is 9.77. The van der Waals surface area contributed by atoms with E-state index in [2.05, 4.69) is 4.98 Å². The van der Waals surface area contributed by atoms with Crippen LogP contribution in [0.15, 0.2) is 18.7 Å². The van der Waals surface area contributed by atoms with Gasteiger partial charge in [0.05, 0.1) is 24.0 Å². The molecule has 8 heteroatoms. The van der Waals surface area contributed by atoms with E-state index in [9.17, 15) is 9.90 Å². The molecule has 0 spiro atoms. The van der Waals surface area contributed by atoms with Crippen LogP contribution in [0.5, 0.6) is 0 Å². The van der Waals surface area contributed by atoms with Crippen LogP contribution in [-0.2, 0) is 4.79 Å². The minimum atomic E-state index is -0.629. The van der Waals surface area contributed by atoms with E-state index in [0.29, 0.717) is 11.8 Å². The highest BCUT2D eigenvalue weighted by Crippen LogP contribution is 2.42. The van der Waals surface area contributed by atoms with Crippen LogP contribution in [0.3, 0.4) is 0 Å². The minimum Gasteiger partial charge on any atom is -0.391 e. The third-order valence-corrected chi connectivity index (χ3v) is 6.23. The van der Waals surface area contributed by atoms with E-state index in [1.165, 1.54) is 0 Å². The lowest BCUT2D eigenvalue weighted by Crippen LogP contribution is -2.53. The van der Waals surface area contributed by atoms with E-state index in [1.807, 2.05) is 15.7 Å². The number of hydrogen-bond acceptors (Lipinski definition) is 4. The third kappa shape index (κ3) is 3.68. The van der Waals surface area contributed by atoms with Crippen molar-refractivity contribution in [3.63, 3.8) is 0 Å². The van der Waals surface area contributed by atoms with E-state index in [1.54, 1.807) is 12.5 Å². The van der Waals surface area contributed by atoms with Crippen LogP contribution in [0.4, 0.5) is 0 Å². The topological polar surface area (TPSA) is 84.4 Å². The number of aliphatic hydroxyl groups is 1. The summed E-state index contributed by atoms with van der Waals surface area (Å²) < 4.78 is 2.01.